The second kappa shape index (κ2) is 6.55. The number of hydrogen-bond acceptors (Lipinski definition) is 6. The van der Waals surface area contributed by atoms with Gasteiger partial charge in [-0.05, 0) is 52.5 Å². The van der Waals surface area contributed by atoms with E-state index in [1.54, 1.807) is 18.2 Å². The Bertz CT molecular complexity index is 1150. The minimum Gasteiger partial charge on any atom is -0.443 e. The Morgan fingerprint density at radius 2 is 1.83 bits per heavy atom. The lowest BCUT2D eigenvalue weighted by atomic mass is 9.98. The first-order valence-corrected chi connectivity index (χ1v) is 10.3. The molecule has 2 atom stereocenters. The smallest absolute Gasteiger partial charge is 0.411 e. The Balaban J connectivity index is 1.18. The molecule has 6 rings (SSSR count). The van der Waals surface area contributed by atoms with Gasteiger partial charge in [0.2, 0.25) is 0 Å². The number of nitrogens with zero attached hydrogens (tertiary/aromatic N) is 4. The van der Waals surface area contributed by atoms with E-state index >= 15 is 0 Å². The van der Waals surface area contributed by atoms with Crippen LogP contribution in [0.1, 0.15) is 40.4 Å². The standard InChI is InChI=1S/C22H20N4O4/c27-21(14-5-6-17-18(11-14)24-30-23-17)25-9-7-15(8-10-25)26-20-16-4-2-1-3-13(16)12-19(20)29-22(26)28/h1-6,11,15,19-20H,7-10,12H2. The van der Waals surface area contributed by atoms with Gasteiger partial charge in [0, 0.05) is 31.1 Å². The summed E-state index contributed by atoms with van der Waals surface area (Å²) in [6.07, 6.45) is 1.92. The van der Waals surface area contributed by atoms with Crippen LogP contribution in [0.3, 0.4) is 0 Å². The summed E-state index contributed by atoms with van der Waals surface area (Å²) < 4.78 is 10.4. The highest BCUT2D eigenvalue weighted by atomic mass is 16.6. The van der Waals surface area contributed by atoms with Gasteiger partial charge >= 0.3 is 6.09 Å². The van der Waals surface area contributed by atoms with E-state index in [4.69, 9.17) is 9.37 Å². The summed E-state index contributed by atoms with van der Waals surface area (Å²) in [5.74, 6) is -0.0357. The number of fused-ring (bicyclic) bond motifs is 4. The van der Waals surface area contributed by atoms with Crippen LogP contribution in [-0.4, -0.2) is 57.3 Å². The zero-order valence-corrected chi connectivity index (χ0v) is 16.2. The van der Waals surface area contributed by atoms with Crippen LogP contribution in [0.15, 0.2) is 47.1 Å². The second-order valence-electron chi connectivity index (χ2n) is 8.17. The quantitative estimate of drug-likeness (QED) is 0.653. The Morgan fingerprint density at radius 1 is 1.03 bits per heavy atom. The molecular weight excluding hydrogens is 384 g/mol. The van der Waals surface area contributed by atoms with Crippen LogP contribution < -0.4 is 0 Å². The van der Waals surface area contributed by atoms with Gasteiger partial charge in [-0.2, -0.15) is 0 Å². The number of aromatic nitrogens is 2. The molecule has 1 aliphatic carbocycles. The summed E-state index contributed by atoms with van der Waals surface area (Å²) in [4.78, 5) is 29.3. The Kier molecular flexibility index (Phi) is 3.81. The van der Waals surface area contributed by atoms with Crippen molar-refractivity contribution in [3.8, 4) is 0 Å². The van der Waals surface area contributed by atoms with Crippen molar-refractivity contribution in [1.29, 1.82) is 0 Å². The average molecular weight is 404 g/mol. The number of likely N-dealkylation sites (tertiary alicyclic amines) is 1. The SMILES string of the molecule is O=C(c1ccc2nonc2c1)N1CCC(N2C(=O)OC3Cc4ccccc4C32)CC1. The Hall–Kier alpha value is -3.42. The van der Waals surface area contributed by atoms with Crippen molar-refractivity contribution in [3.63, 3.8) is 0 Å². The second-order valence-corrected chi connectivity index (χ2v) is 8.17. The maximum Gasteiger partial charge on any atom is 0.411 e. The molecule has 2 unspecified atom stereocenters. The van der Waals surface area contributed by atoms with Gasteiger partial charge in [-0.1, -0.05) is 24.3 Å². The third kappa shape index (κ3) is 2.59. The number of rotatable bonds is 2. The zero-order chi connectivity index (χ0) is 20.2. The third-order valence-electron chi connectivity index (χ3n) is 6.56. The lowest BCUT2D eigenvalue weighted by Crippen LogP contribution is -2.47. The van der Waals surface area contributed by atoms with Gasteiger partial charge in [0.05, 0.1) is 6.04 Å². The molecule has 8 heteroatoms. The molecule has 2 saturated heterocycles. The van der Waals surface area contributed by atoms with Crippen molar-refractivity contribution in [3.05, 3.63) is 59.2 Å². The van der Waals surface area contributed by atoms with Crippen LogP contribution >= 0.6 is 0 Å². The monoisotopic (exact) mass is 404 g/mol. The van der Waals surface area contributed by atoms with E-state index in [2.05, 4.69) is 22.4 Å². The fourth-order valence-electron chi connectivity index (χ4n) is 5.10. The molecule has 2 aliphatic heterocycles. The summed E-state index contributed by atoms with van der Waals surface area (Å²) in [5.41, 5.74) is 4.23. The minimum atomic E-state index is -0.228. The van der Waals surface area contributed by atoms with E-state index in [9.17, 15) is 9.59 Å². The number of benzene rings is 2. The average Bonchev–Trinajstić information content (AvgIpc) is 3.46. The highest BCUT2D eigenvalue weighted by Crippen LogP contribution is 2.44. The van der Waals surface area contributed by atoms with Crippen LogP contribution in [0, 0.1) is 0 Å². The largest absolute Gasteiger partial charge is 0.443 e. The summed E-state index contributed by atoms with van der Waals surface area (Å²) in [6.45, 7) is 1.20. The molecule has 8 nitrogen and oxygen atoms in total. The summed E-state index contributed by atoms with van der Waals surface area (Å²) in [7, 11) is 0. The molecule has 3 heterocycles. The van der Waals surface area contributed by atoms with Crippen LogP contribution in [0.5, 0.6) is 0 Å². The zero-order valence-electron chi connectivity index (χ0n) is 16.2. The van der Waals surface area contributed by atoms with Gasteiger partial charge in [-0.3, -0.25) is 9.69 Å². The molecule has 2 amide bonds. The molecule has 0 bridgehead atoms. The number of carbonyl (C=O) groups is 2. The molecular formula is C22H20N4O4. The Labute approximate surface area is 172 Å². The Morgan fingerprint density at radius 3 is 2.70 bits per heavy atom. The van der Waals surface area contributed by atoms with Crippen LogP contribution in [0.4, 0.5) is 4.79 Å². The number of hydrogen-bond donors (Lipinski definition) is 0. The van der Waals surface area contributed by atoms with Crippen molar-refractivity contribution in [1.82, 2.24) is 20.1 Å². The molecule has 0 spiro atoms. The molecule has 0 N–H and O–H groups in total. The van der Waals surface area contributed by atoms with E-state index in [1.807, 2.05) is 21.9 Å². The maximum absolute atomic E-state index is 12.9. The first-order chi connectivity index (χ1) is 14.7. The molecule has 1 aromatic heterocycles. The van der Waals surface area contributed by atoms with E-state index in [0.29, 0.717) is 29.7 Å². The number of amides is 2. The van der Waals surface area contributed by atoms with Crippen molar-refractivity contribution >= 4 is 23.0 Å². The molecule has 30 heavy (non-hydrogen) atoms. The normalized spacial score (nSPS) is 23.5. The van der Waals surface area contributed by atoms with Gasteiger partial charge in [-0.25, -0.2) is 9.42 Å². The molecule has 0 radical (unpaired) electrons. The van der Waals surface area contributed by atoms with E-state index in [0.717, 1.165) is 19.3 Å². The van der Waals surface area contributed by atoms with Crippen LogP contribution in [0.2, 0.25) is 0 Å². The van der Waals surface area contributed by atoms with Gasteiger partial charge in [0.25, 0.3) is 5.91 Å². The molecule has 152 valence electrons. The topological polar surface area (TPSA) is 88.8 Å². The van der Waals surface area contributed by atoms with Gasteiger partial charge in [0.15, 0.2) is 0 Å². The lowest BCUT2D eigenvalue weighted by molar-refractivity contribution is 0.0636. The van der Waals surface area contributed by atoms with Gasteiger partial charge in [-0.15, -0.1) is 0 Å². The molecule has 2 fully saturated rings. The maximum atomic E-state index is 12.9. The number of ether oxygens (including phenoxy) is 1. The first kappa shape index (κ1) is 17.4. The first-order valence-electron chi connectivity index (χ1n) is 10.3. The predicted octanol–water partition coefficient (Wildman–Crippen LogP) is 2.95. The molecule has 2 aromatic carbocycles. The number of carbonyl (C=O) groups excluding carboxylic acids is 2. The molecule has 3 aromatic rings. The van der Waals surface area contributed by atoms with E-state index in [-0.39, 0.29) is 30.2 Å². The summed E-state index contributed by atoms with van der Waals surface area (Å²) in [6, 6.07) is 13.5. The molecule has 3 aliphatic rings. The highest BCUT2D eigenvalue weighted by molar-refractivity contribution is 5.97. The minimum absolute atomic E-state index is 0.0111. The van der Waals surface area contributed by atoms with Gasteiger partial charge < -0.3 is 9.64 Å². The van der Waals surface area contributed by atoms with Gasteiger partial charge in [0.1, 0.15) is 17.1 Å². The van der Waals surface area contributed by atoms with Crippen molar-refractivity contribution in [2.24, 2.45) is 0 Å². The molecule has 0 saturated carbocycles. The number of piperidine rings is 1. The summed E-state index contributed by atoms with van der Waals surface area (Å²) >= 11 is 0. The third-order valence-corrected chi connectivity index (χ3v) is 6.56. The van der Waals surface area contributed by atoms with Crippen LogP contribution in [0.25, 0.3) is 11.0 Å². The van der Waals surface area contributed by atoms with E-state index in [1.165, 1.54) is 11.1 Å². The lowest BCUT2D eigenvalue weighted by Gasteiger charge is -2.38. The summed E-state index contributed by atoms with van der Waals surface area (Å²) in [5, 5.41) is 7.59. The fraction of sp³-hybridized carbons (Fsp3) is 0.364. The van der Waals surface area contributed by atoms with Crippen molar-refractivity contribution in [2.75, 3.05) is 13.1 Å². The van der Waals surface area contributed by atoms with Crippen molar-refractivity contribution < 1.29 is 19.0 Å². The van der Waals surface area contributed by atoms with E-state index < -0.39 is 0 Å². The fourth-order valence-corrected chi connectivity index (χ4v) is 5.10. The highest BCUT2D eigenvalue weighted by Gasteiger charge is 2.50. The van der Waals surface area contributed by atoms with Crippen LogP contribution in [-0.2, 0) is 11.2 Å². The predicted molar refractivity (Wildman–Crippen MR) is 106 cm³/mol. The van der Waals surface area contributed by atoms with Crippen molar-refractivity contribution in [2.45, 2.75) is 37.5 Å².